The van der Waals surface area contributed by atoms with Crippen molar-refractivity contribution in [3.8, 4) is 0 Å². The standard InChI is InChI=1S/C9H14/c1-2-3-4-5-6-9-7-8-9/h3-6,9H,2,7-8H2,1H3. The second kappa shape index (κ2) is 3.49. The van der Waals surface area contributed by atoms with Gasteiger partial charge in [0.25, 0.3) is 0 Å². The van der Waals surface area contributed by atoms with E-state index in [1.165, 1.54) is 12.8 Å². The minimum Gasteiger partial charge on any atom is -0.0848 e. The van der Waals surface area contributed by atoms with Gasteiger partial charge in [0.2, 0.25) is 0 Å². The number of rotatable bonds is 3. The first-order valence-corrected chi connectivity index (χ1v) is 3.77. The van der Waals surface area contributed by atoms with E-state index in [9.17, 15) is 0 Å². The Balaban J connectivity index is 2.07. The summed E-state index contributed by atoms with van der Waals surface area (Å²) in [6.45, 7) is 2.15. The summed E-state index contributed by atoms with van der Waals surface area (Å²) in [7, 11) is 0. The van der Waals surface area contributed by atoms with Crippen LogP contribution in [0.5, 0.6) is 0 Å². The molecule has 0 nitrogen and oxygen atoms in total. The third kappa shape index (κ3) is 3.12. The Morgan fingerprint density at radius 2 is 2.11 bits per heavy atom. The van der Waals surface area contributed by atoms with Gasteiger partial charge in [0, 0.05) is 0 Å². The van der Waals surface area contributed by atoms with Gasteiger partial charge in [-0.15, -0.1) is 0 Å². The summed E-state index contributed by atoms with van der Waals surface area (Å²) in [6.07, 6.45) is 12.8. The molecular weight excluding hydrogens is 108 g/mol. The van der Waals surface area contributed by atoms with E-state index in [4.69, 9.17) is 0 Å². The number of allylic oxidation sites excluding steroid dienone is 4. The molecule has 1 rings (SSSR count). The third-order valence-corrected chi connectivity index (χ3v) is 1.49. The molecule has 0 aromatic carbocycles. The molecule has 50 valence electrons. The molecule has 1 aliphatic rings. The Bertz CT molecular complexity index is 116. The van der Waals surface area contributed by atoms with E-state index < -0.39 is 0 Å². The van der Waals surface area contributed by atoms with Gasteiger partial charge in [-0.1, -0.05) is 31.2 Å². The molecule has 1 aliphatic carbocycles. The number of hydrogen-bond donors (Lipinski definition) is 0. The molecule has 0 saturated heterocycles. The summed E-state index contributed by atoms with van der Waals surface area (Å²) in [6, 6.07) is 0. The minimum atomic E-state index is 0.923. The molecule has 9 heavy (non-hydrogen) atoms. The van der Waals surface area contributed by atoms with E-state index in [1.807, 2.05) is 0 Å². The summed E-state index contributed by atoms with van der Waals surface area (Å²) >= 11 is 0. The molecule has 0 aromatic rings. The van der Waals surface area contributed by atoms with Crippen LogP contribution in [0.3, 0.4) is 0 Å². The van der Waals surface area contributed by atoms with Gasteiger partial charge in [0.05, 0.1) is 0 Å². The maximum atomic E-state index is 2.30. The van der Waals surface area contributed by atoms with E-state index in [-0.39, 0.29) is 0 Å². The second-order valence-corrected chi connectivity index (χ2v) is 2.56. The Hall–Kier alpha value is -0.520. The molecule has 1 saturated carbocycles. The van der Waals surface area contributed by atoms with Crippen LogP contribution in [0, 0.1) is 5.92 Å². The van der Waals surface area contributed by atoms with Gasteiger partial charge in [-0.05, 0) is 25.2 Å². The van der Waals surface area contributed by atoms with E-state index in [1.54, 1.807) is 0 Å². The van der Waals surface area contributed by atoms with Crippen molar-refractivity contribution >= 4 is 0 Å². The molecule has 0 aromatic heterocycles. The van der Waals surface area contributed by atoms with Crippen molar-refractivity contribution in [2.45, 2.75) is 26.2 Å². The van der Waals surface area contributed by atoms with Gasteiger partial charge in [0.1, 0.15) is 0 Å². The predicted octanol–water partition coefficient (Wildman–Crippen LogP) is 2.92. The molecule has 0 radical (unpaired) electrons. The van der Waals surface area contributed by atoms with E-state index in [0.29, 0.717) is 0 Å². The fourth-order valence-electron chi connectivity index (χ4n) is 0.725. The maximum Gasteiger partial charge on any atom is -0.0230 e. The minimum absolute atomic E-state index is 0.923. The van der Waals surface area contributed by atoms with Crippen LogP contribution in [0.4, 0.5) is 0 Å². The Morgan fingerprint density at radius 3 is 2.67 bits per heavy atom. The summed E-state index contributed by atoms with van der Waals surface area (Å²) < 4.78 is 0. The molecule has 0 unspecified atom stereocenters. The Kier molecular flexibility index (Phi) is 2.56. The monoisotopic (exact) mass is 122 g/mol. The topological polar surface area (TPSA) is 0 Å². The van der Waals surface area contributed by atoms with Crippen molar-refractivity contribution in [2.24, 2.45) is 5.92 Å². The first-order chi connectivity index (χ1) is 4.43. The van der Waals surface area contributed by atoms with Crippen LogP contribution in [0.25, 0.3) is 0 Å². The fourth-order valence-corrected chi connectivity index (χ4v) is 0.725. The highest BCUT2D eigenvalue weighted by molar-refractivity contribution is 5.06. The maximum absolute atomic E-state index is 2.30. The molecule has 0 heteroatoms. The quantitative estimate of drug-likeness (QED) is 0.505. The zero-order valence-electron chi connectivity index (χ0n) is 6.01. The Labute approximate surface area is 57.3 Å². The predicted molar refractivity (Wildman–Crippen MR) is 41.3 cm³/mol. The smallest absolute Gasteiger partial charge is 0.0230 e. The molecule has 0 bridgehead atoms. The largest absolute Gasteiger partial charge is 0.0848 e. The zero-order chi connectivity index (χ0) is 6.53. The lowest BCUT2D eigenvalue weighted by Gasteiger charge is -1.76. The first kappa shape index (κ1) is 6.60. The van der Waals surface area contributed by atoms with Crippen LogP contribution in [-0.4, -0.2) is 0 Å². The van der Waals surface area contributed by atoms with Gasteiger partial charge < -0.3 is 0 Å². The van der Waals surface area contributed by atoms with Crippen LogP contribution < -0.4 is 0 Å². The highest BCUT2D eigenvalue weighted by atomic mass is 14.2. The van der Waals surface area contributed by atoms with Crippen molar-refractivity contribution in [3.05, 3.63) is 24.3 Å². The first-order valence-electron chi connectivity index (χ1n) is 3.77. The molecule has 0 heterocycles. The van der Waals surface area contributed by atoms with Crippen molar-refractivity contribution in [1.82, 2.24) is 0 Å². The summed E-state index contributed by atoms with van der Waals surface area (Å²) in [4.78, 5) is 0. The molecular formula is C9H14. The summed E-state index contributed by atoms with van der Waals surface area (Å²) in [5.41, 5.74) is 0. The second-order valence-electron chi connectivity index (χ2n) is 2.56. The zero-order valence-corrected chi connectivity index (χ0v) is 6.01. The van der Waals surface area contributed by atoms with Crippen LogP contribution >= 0.6 is 0 Å². The highest BCUT2D eigenvalue weighted by Gasteiger charge is 2.16. The van der Waals surface area contributed by atoms with E-state index in [0.717, 1.165) is 12.3 Å². The van der Waals surface area contributed by atoms with Crippen molar-refractivity contribution in [1.29, 1.82) is 0 Å². The summed E-state index contributed by atoms with van der Waals surface area (Å²) in [5, 5.41) is 0. The van der Waals surface area contributed by atoms with Gasteiger partial charge in [0.15, 0.2) is 0 Å². The number of hydrogen-bond acceptors (Lipinski definition) is 0. The van der Waals surface area contributed by atoms with Gasteiger partial charge >= 0.3 is 0 Å². The third-order valence-electron chi connectivity index (χ3n) is 1.49. The van der Waals surface area contributed by atoms with Gasteiger partial charge in [-0.2, -0.15) is 0 Å². The van der Waals surface area contributed by atoms with Crippen molar-refractivity contribution in [2.75, 3.05) is 0 Å². The van der Waals surface area contributed by atoms with Crippen LogP contribution in [0.15, 0.2) is 24.3 Å². The van der Waals surface area contributed by atoms with E-state index in [2.05, 4.69) is 31.2 Å². The van der Waals surface area contributed by atoms with Crippen LogP contribution in [0.1, 0.15) is 26.2 Å². The lowest BCUT2D eigenvalue weighted by Crippen LogP contribution is -1.58. The van der Waals surface area contributed by atoms with Crippen molar-refractivity contribution < 1.29 is 0 Å². The van der Waals surface area contributed by atoms with E-state index >= 15 is 0 Å². The average Bonchev–Trinajstić information content (AvgIpc) is 2.63. The van der Waals surface area contributed by atoms with Gasteiger partial charge in [-0.25, -0.2) is 0 Å². The van der Waals surface area contributed by atoms with Gasteiger partial charge in [-0.3, -0.25) is 0 Å². The normalized spacial score (nSPS) is 20.1. The van der Waals surface area contributed by atoms with Crippen LogP contribution in [-0.2, 0) is 0 Å². The lowest BCUT2D eigenvalue weighted by molar-refractivity contribution is 1.12. The summed E-state index contributed by atoms with van der Waals surface area (Å²) in [5.74, 6) is 0.923. The average molecular weight is 122 g/mol. The molecule has 0 spiro atoms. The molecule has 0 amide bonds. The Morgan fingerprint density at radius 1 is 1.33 bits per heavy atom. The fraction of sp³-hybridized carbons (Fsp3) is 0.556. The molecule has 0 atom stereocenters. The molecule has 0 N–H and O–H groups in total. The molecule has 0 aliphatic heterocycles. The van der Waals surface area contributed by atoms with Crippen molar-refractivity contribution in [3.63, 3.8) is 0 Å². The highest BCUT2D eigenvalue weighted by Crippen LogP contribution is 2.29. The lowest BCUT2D eigenvalue weighted by atomic mass is 10.3. The molecule has 1 fully saturated rings. The van der Waals surface area contributed by atoms with Crippen LogP contribution in [0.2, 0.25) is 0 Å². The SMILES string of the molecule is CCC=CC=CC1CC1.